The molecule has 0 aromatic heterocycles. The van der Waals surface area contributed by atoms with Crippen LogP contribution < -0.4 is 4.74 Å². The van der Waals surface area contributed by atoms with Gasteiger partial charge in [0.15, 0.2) is 6.61 Å². The predicted molar refractivity (Wildman–Crippen MR) is 89.2 cm³/mol. The molecule has 132 valence electrons. The number of nitrogens with zero attached hydrogens (tertiary/aromatic N) is 1. The summed E-state index contributed by atoms with van der Waals surface area (Å²) in [6.07, 6.45) is 5.54. The summed E-state index contributed by atoms with van der Waals surface area (Å²) in [7, 11) is 0. The molecule has 3 rings (SSSR count). The Morgan fingerprint density at radius 3 is 2.42 bits per heavy atom. The van der Waals surface area contributed by atoms with E-state index in [9.17, 15) is 14.3 Å². The summed E-state index contributed by atoms with van der Waals surface area (Å²) in [6.45, 7) is 3.43. The van der Waals surface area contributed by atoms with Crippen molar-refractivity contribution >= 4 is 5.91 Å². The fourth-order valence-corrected chi connectivity index (χ4v) is 4.24. The van der Waals surface area contributed by atoms with Crippen LogP contribution in [0.3, 0.4) is 0 Å². The Morgan fingerprint density at radius 2 is 1.88 bits per heavy atom. The highest BCUT2D eigenvalue weighted by Gasteiger charge is 2.57. The summed E-state index contributed by atoms with van der Waals surface area (Å²) in [5.74, 6) is 0.122. The molecule has 1 aromatic carbocycles. The van der Waals surface area contributed by atoms with Crippen molar-refractivity contribution in [3.63, 3.8) is 0 Å². The minimum Gasteiger partial charge on any atom is -0.484 e. The maximum Gasteiger partial charge on any atom is 0.260 e. The fourth-order valence-electron chi connectivity index (χ4n) is 4.24. The summed E-state index contributed by atoms with van der Waals surface area (Å²) in [5.41, 5.74) is -0.515. The first-order valence-corrected chi connectivity index (χ1v) is 8.87. The van der Waals surface area contributed by atoms with Crippen LogP contribution in [0.4, 0.5) is 4.39 Å². The Morgan fingerprint density at radius 1 is 1.21 bits per heavy atom. The molecule has 1 aliphatic carbocycles. The second kappa shape index (κ2) is 6.71. The average Bonchev–Trinajstić information content (AvgIpc) is 2.60. The first-order chi connectivity index (χ1) is 11.5. The van der Waals surface area contributed by atoms with E-state index in [0.717, 1.165) is 38.5 Å². The third-order valence-electron chi connectivity index (χ3n) is 5.92. The summed E-state index contributed by atoms with van der Waals surface area (Å²) in [4.78, 5) is 14.1. The number of rotatable bonds is 5. The Bertz CT molecular complexity index is 581. The fraction of sp³-hybridized carbons (Fsp3) is 0.632. The van der Waals surface area contributed by atoms with Gasteiger partial charge in [-0.05, 0) is 56.4 Å². The number of carbonyl (C=O) groups is 1. The number of benzene rings is 1. The zero-order valence-corrected chi connectivity index (χ0v) is 14.3. The van der Waals surface area contributed by atoms with E-state index in [0.29, 0.717) is 18.8 Å². The van der Waals surface area contributed by atoms with Crippen LogP contribution in [0.5, 0.6) is 5.75 Å². The number of hydrogen-bond donors (Lipinski definition) is 1. The molecule has 5 heteroatoms. The first-order valence-electron chi connectivity index (χ1n) is 8.87. The molecule has 1 heterocycles. The van der Waals surface area contributed by atoms with Gasteiger partial charge in [-0.2, -0.15) is 0 Å². The lowest BCUT2D eigenvalue weighted by atomic mass is 9.51. The van der Waals surface area contributed by atoms with Crippen molar-refractivity contribution in [3.05, 3.63) is 30.1 Å². The maximum absolute atomic E-state index is 12.9. The molecular formula is C19H26FNO3. The molecule has 1 saturated heterocycles. The van der Waals surface area contributed by atoms with E-state index < -0.39 is 5.60 Å². The van der Waals surface area contributed by atoms with Crippen LogP contribution in [0, 0.1) is 11.2 Å². The monoisotopic (exact) mass is 335 g/mol. The van der Waals surface area contributed by atoms with Gasteiger partial charge in [0.05, 0.1) is 5.60 Å². The lowest BCUT2D eigenvalue weighted by molar-refractivity contribution is -0.195. The van der Waals surface area contributed by atoms with E-state index in [1.807, 2.05) is 4.90 Å². The van der Waals surface area contributed by atoms with E-state index in [2.05, 4.69) is 6.92 Å². The molecule has 1 saturated carbocycles. The standard InChI is InChI=1S/C19H26FNO3/c1-2-7-19(23)9-8-18(19)10-12-21(13-11-18)17(22)14-24-16-5-3-15(20)4-6-16/h3-6,23H,2,7-14H2,1H3. The highest BCUT2D eigenvalue weighted by atomic mass is 19.1. The summed E-state index contributed by atoms with van der Waals surface area (Å²) < 4.78 is 18.3. The molecule has 1 aromatic rings. The molecule has 0 bridgehead atoms. The number of ether oxygens (including phenoxy) is 1. The molecular weight excluding hydrogens is 309 g/mol. The summed E-state index contributed by atoms with van der Waals surface area (Å²) >= 11 is 0. The molecule has 1 amide bonds. The van der Waals surface area contributed by atoms with Gasteiger partial charge in [0.1, 0.15) is 11.6 Å². The SMILES string of the molecule is CCCC1(O)CCC12CCN(C(=O)COc1ccc(F)cc1)CC2. The molecule has 1 spiro atoms. The minimum absolute atomic E-state index is 0.0115. The average molecular weight is 335 g/mol. The van der Waals surface area contributed by atoms with E-state index in [1.165, 1.54) is 24.3 Å². The number of likely N-dealkylation sites (tertiary alicyclic amines) is 1. The van der Waals surface area contributed by atoms with Crippen molar-refractivity contribution in [2.75, 3.05) is 19.7 Å². The lowest BCUT2D eigenvalue weighted by Crippen LogP contribution is -2.61. The normalized spacial score (nSPS) is 25.4. The number of amides is 1. The molecule has 24 heavy (non-hydrogen) atoms. The van der Waals surface area contributed by atoms with Gasteiger partial charge in [0.2, 0.25) is 0 Å². The highest BCUT2D eigenvalue weighted by Crippen LogP contribution is 2.58. The van der Waals surface area contributed by atoms with E-state index in [4.69, 9.17) is 4.74 Å². The predicted octanol–water partition coefficient (Wildman–Crippen LogP) is 3.14. The van der Waals surface area contributed by atoms with Gasteiger partial charge >= 0.3 is 0 Å². The van der Waals surface area contributed by atoms with Crippen molar-refractivity contribution in [1.29, 1.82) is 0 Å². The largest absolute Gasteiger partial charge is 0.484 e. The van der Waals surface area contributed by atoms with Crippen molar-refractivity contribution in [2.45, 2.75) is 51.0 Å². The molecule has 0 radical (unpaired) electrons. The van der Waals surface area contributed by atoms with Gasteiger partial charge < -0.3 is 14.7 Å². The van der Waals surface area contributed by atoms with Crippen molar-refractivity contribution in [1.82, 2.24) is 4.90 Å². The highest BCUT2D eigenvalue weighted by molar-refractivity contribution is 5.77. The zero-order chi connectivity index (χ0) is 17.2. The maximum atomic E-state index is 12.9. The Hall–Kier alpha value is -1.62. The minimum atomic E-state index is -0.526. The number of aliphatic hydroxyl groups is 1. The first kappa shape index (κ1) is 17.2. The lowest BCUT2D eigenvalue weighted by Gasteiger charge is -2.59. The number of hydrogen-bond acceptors (Lipinski definition) is 3. The quantitative estimate of drug-likeness (QED) is 0.899. The van der Waals surface area contributed by atoms with Crippen LogP contribution >= 0.6 is 0 Å². The zero-order valence-electron chi connectivity index (χ0n) is 14.3. The number of halogens is 1. The molecule has 1 atom stereocenters. The molecule has 2 aliphatic rings. The smallest absolute Gasteiger partial charge is 0.260 e. The molecule has 1 N–H and O–H groups in total. The van der Waals surface area contributed by atoms with Crippen molar-refractivity contribution < 1.29 is 19.0 Å². The van der Waals surface area contributed by atoms with Crippen LogP contribution in [-0.2, 0) is 4.79 Å². The van der Waals surface area contributed by atoms with Crippen molar-refractivity contribution in [3.8, 4) is 5.75 Å². The van der Waals surface area contributed by atoms with Crippen LogP contribution in [0.25, 0.3) is 0 Å². The molecule has 2 fully saturated rings. The Labute approximate surface area is 142 Å². The second-order valence-corrected chi connectivity index (χ2v) is 7.19. The van der Waals surface area contributed by atoms with Gasteiger partial charge in [0.25, 0.3) is 5.91 Å². The second-order valence-electron chi connectivity index (χ2n) is 7.19. The number of carbonyl (C=O) groups excluding carboxylic acids is 1. The molecule has 4 nitrogen and oxygen atoms in total. The Balaban J connectivity index is 1.49. The topological polar surface area (TPSA) is 49.8 Å². The van der Waals surface area contributed by atoms with Gasteiger partial charge in [-0.1, -0.05) is 13.3 Å². The number of piperidine rings is 1. The van der Waals surface area contributed by atoms with Crippen LogP contribution in [0.15, 0.2) is 24.3 Å². The van der Waals surface area contributed by atoms with Gasteiger partial charge in [-0.3, -0.25) is 4.79 Å². The van der Waals surface area contributed by atoms with Gasteiger partial charge in [0, 0.05) is 18.5 Å². The summed E-state index contributed by atoms with van der Waals surface area (Å²) in [6, 6.07) is 5.67. The van der Waals surface area contributed by atoms with E-state index >= 15 is 0 Å². The molecule has 1 unspecified atom stereocenters. The molecule has 1 aliphatic heterocycles. The van der Waals surface area contributed by atoms with E-state index in [-0.39, 0.29) is 23.7 Å². The Kier molecular flexibility index (Phi) is 4.81. The van der Waals surface area contributed by atoms with Crippen LogP contribution in [0.1, 0.15) is 45.4 Å². The third kappa shape index (κ3) is 3.14. The van der Waals surface area contributed by atoms with Crippen molar-refractivity contribution in [2.24, 2.45) is 5.41 Å². The van der Waals surface area contributed by atoms with Crippen LogP contribution in [0.2, 0.25) is 0 Å². The van der Waals surface area contributed by atoms with Crippen LogP contribution in [-0.4, -0.2) is 41.2 Å². The van der Waals surface area contributed by atoms with E-state index in [1.54, 1.807) is 0 Å². The summed E-state index contributed by atoms with van der Waals surface area (Å²) in [5, 5.41) is 10.8. The third-order valence-corrected chi connectivity index (χ3v) is 5.92. The van der Waals surface area contributed by atoms with Gasteiger partial charge in [-0.15, -0.1) is 0 Å². The van der Waals surface area contributed by atoms with Gasteiger partial charge in [-0.25, -0.2) is 4.39 Å².